The van der Waals surface area contributed by atoms with Crippen LogP contribution in [0.4, 0.5) is 0 Å². The quantitative estimate of drug-likeness (QED) is 0.247. The topological polar surface area (TPSA) is 163 Å². The predicted octanol–water partition coefficient (Wildman–Crippen LogP) is 0.526. The number of aldehydes is 1. The number of ether oxygens (including phenoxy) is 3. The summed E-state index contributed by atoms with van der Waals surface area (Å²) >= 11 is 0. The molecule has 6 rings (SSSR count). The minimum atomic E-state index is -1.61. The highest BCUT2D eigenvalue weighted by molar-refractivity contribution is 5.93. The van der Waals surface area contributed by atoms with E-state index >= 15 is 0 Å². The molecule has 4 fully saturated rings. The van der Waals surface area contributed by atoms with Gasteiger partial charge >= 0.3 is 0 Å². The Balaban J connectivity index is 1.28. The van der Waals surface area contributed by atoms with E-state index in [-0.39, 0.29) is 44.0 Å². The van der Waals surface area contributed by atoms with Crippen LogP contribution in [0.1, 0.15) is 58.8 Å². The number of hydrogen-bond acceptors (Lipinski definition) is 10. The van der Waals surface area contributed by atoms with Crippen molar-refractivity contribution in [3.8, 4) is 0 Å². The Bertz CT molecular complexity index is 1080. The van der Waals surface area contributed by atoms with Crippen molar-refractivity contribution in [2.45, 2.75) is 107 Å². The lowest BCUT2D eigenvalue weighted by Gasteiger charge is -2.64. The third kappa shape index (κ3) is 3.79. The van der Waals surface area contributed by atoms with Crippen LogP contribution in [0.5, 0.6) is 0 Å². The molecule has 0 aromatic carbocycles. The Kier molecular flexibility index (Phi) is 6.47. The average Bonchev–Trinajstić information content (AvgIpc) is 3.41. The van der Waals surface area contributed by atoms with Gasteiger partial charge in [-0.2, -0.15) is 0 Å². The minimum Gasteiger partial charge on any atom is -0.489 e. The van der Waals surface area contributed by atoms with Crippen LogP contribution in [0, 0.1) is 28.6 Å². The number of rotatable bonds is 4. The molecule has 0 bridgehead atoms. The molecule has 10 heteroatoms. The van der Waals surface area contributed by atoms with Crippen LogP contribution in [0.3, 0.4) is 0 Å². The van der Waals surface area contributed by atoms with E-state index in [0.717, 1.165) is 6.29 Å². The summed E-state index contributed by atoms with van der Waals surface area (Å²) in [5.41, 5.74) is -4.98. The standard InChI is InChI=1S/C29H40O10/c1-15-25(34)20(32)10-23(38-15)39-17-3-6-27(14-30)24-19(4-7-28(27,35)11-17)29(36)8-5-18(22-9-16(31)13-37-22)26(29,2)12-21(24)33/h4,7,9,14-15,17-21,23-25,32-36H,3,5-6,8,10-13H2,1-2H3. The fourth-order valence-electron chi connectivity index (χ4n) is 9.11. The number of hydrogen-bond donors (Lipinski definition) is 5. The summed E-state index contributed by atoms with van der Waals surface area (Å²) < 4.78 is 17.5. The zero-order valence-electron chi connectivity index (χ0n) is 22.4. The SMILES string of the molecule is CC1OC(OC2CCC3(C=O)C4C(O)CC5(C)C(C6=CC(=O)CO6)CCC5(O)C4C=CC3(O)C2)CC(O)C1O. The molecule has 39 heavy (non-hydrogen) atoms. The van der Waals surface area contributed by atoms with Crippen molar-refractivity contribution in [3.63, 3.8) is 0 Å². The van der Waals surface area contributed by atoms with Crippen molar-refractivity contribution in [1.82, 2.24) is 0 Å². The lowest BCUT2D eigenvalue weighted by atomic mass is 9.43. The van der Waals surface area contributed by atoms with Gasteiger partial charge in [-0.1, -0.05) is 19.1 Å². The highest BCUT2D eigenvalue weighted by atomic mass is 16.7. The third-order valence-electron chi connectivity index (χ3n) is 11.2. The van der Waals surface area contributed by atoms with Gasteiger partial charge in [-0.3, -0.25) is 4.79 Å². The van der Waals surface area contributed by atoms with Gasteiger partial charge in [0.15, 0.2) is 18.7 Å². The molecule has 10 nitrogen and oxygen atoms in total. The first-order valence-corrected chi connectivity index (χ1v) is 14.2. The van der Waals surface area contributed by atoms with Crippen molar-refractivity contribution < 1.29 is 49.3 Å². The van der Waals surface area contributed by atoms with Crippen LogP contribution in [-0.2, 0) is 23.8 Å². The van der Waals surface area contributed by atoms with Crippen molar-refractivity contribution in [1.29, 1.82) is 0 Å². The molecule has 0 radical (unpaired) electrons. The summed E-state index contributed by atoms with van der Waals surface area (Å²) in [6.07, 6.45) is 2.91. The summed E-state index contributed by atoms with van der Waals surface area (Å²) in [7, 11) is 0. The van der Waals surface area contributed by atoms with Gasteiger partial charge in [0.25, 0.3) is 0 Å². The zero-order chi connectivity index (χ0) is 28.0. The molecule has 6 aliphatic rings. The summed E-state index contributed by atoms with van der Waals surface area (Å²) in [6.45, 7) is 3.58. The average molecular weight is 549 g/mol. The maximum absolute atomic E-state index is 12.9. The molecule has 2 aliphatic heterocycles. The van der Waals surface area contributed by atoms with E-state index in [1.165, 1.54) is 6.08 Å². The Morgan fingerprint density at radius 3 is 2.54 bits per heavy atom. The highest BCUT2D eigenvalue weighted by Gasteiger charge is 2.73. The second kappa shape index (κ2) is 9.17. The van der Waals surface area contributed by atoms with Crippen LogP contribution >= 0.6 is 0 Å². The van der Waals surface area contributed by atoms with Gasteiger partial charge in [0.05, 0.1) is 41.0 Å². The van der Waals surface area contributed by atoms with Crippen molar-refractivity contribution >= 4 is 12.1 Å². The molecular formula is C29H40O10. The van der Waals surface area contributed by atoms with Crippen LogP contribution in [0.25, 0.3) is 0 Å². The van der Waals surface area contributed by atoms with Gasteiger partial charge in [-0.15, -0.1) is 0 Å². The molecule has 13 atom stereocenters. The van der Waals surface area contributed by atoms with Gasteiger partial charge in [0.1, 0.15) is 18.1 Å². The molecule has 3 saturated carbocycles. The van der Waals surface area contributed by atoms with Crippen molar-refractivity contribution in [3.05, 3.63) is 24.0 Å². The van der Waals surface area contributed by atoms with Gasteiger partial charge in [-0.25, -0.2) is 0 Å². The number of fused-ring (bicyclic) bond motifs is 5. The summed E-state index contributed by atoms with van der Waals surface area (Å²) in [5, 5.41) is 56.1. The van der Waals surface area contributed by atoms with E-state index in [4.69, 9.17) is 14.2 Å². The Labute approximate surface area is 227 Å². The zero-order valence-corrected chi connectivity index (χ0v) is 22.4. The lowest BCUT2D eigenvalue weighted by molar-refractivity contribution is -0.278. The molecule has 0 spiro atoms. The fraction of sp³-hybridized carbons (Fsp3) is 0.793. The van der Waals surface area contributed by atoms with Gasteiger partial charge in [-0.05, 0) is 39.0 Å². The third-order valence-corrected chi connectivity index (χ3v) is 11.2. The second-order valence-corrected chi connectivity index (χ2v) is 13.1. The molecule has 13 unspecified atom stereocenters. The number of allylic oxidation sites excluding steroid dienone is 1. The molecule has 216 valence electrons. The van der Waals surface area contributed by atoms with E-state index in [0.29, 0.717) is 25.0 Å². The van der Waals surface area contributed by atoms with Crippen molar-refractivity contribution in [2.75, 3.05) is 6.61 Å². The molecule has 2 heterocycles. The number of carbonyl (C=O) groups excluding carboxylic acids is 2. The minimum absolute atomic E-state index is 0.0102. The van der Waals surface area contributed by atoms with E-state index in [1.807, 2.05) is 6.92 Å². The van der Waals surface area contributed by atoms with Crippen molar-refractivity contribution in [2.24, 2.45) is 28.6 Å². The number of aliphatic hydroxyl groups excluding tert-OH is 3. The summed E-state index contributed by atoms with van der Waals surface area (Å²) in [4.78, 5) is 24.8. The van der Waals surface area contributed by atoms with E-state index in [9.17, 15) is 35.1 Å². The molecule has 0 aromatic rings. The van der Waals surface area contributed by atoms with Gasteiger partial charge < -0.3 is 44.5 Å². The first-order valence-electron chi connectivity index (χ1n) is 14.2. The Morgan fingerprint density at radius 1 is 1.10 bits per heavy atom. The van der Waals surface area contributed by atoms with Crippen LogP contribution in [0.15, 0.2) is 24.0 Å². The molecule has 5 N–H and O–H groups in total. The molecule has 1 saturated heterocycles. The highest BCUT2D eigenvalue weighted by Crippen LogP contribution is 2.69. The van der Waals surface area contributed by atoms with E-state index < -0.39 is 70.7 Å². The predicted molar refractivity (Wildman–Crippen MR) is 135 cm³/mol. The monoisotopic (exact) mass is 548 g/mol. The number of aliphatic hydroxyl groups is 5. The fourth-order valence-corrected chi connectivity index (χ4v) is 9.11. The van der Waals surface area contributed by atoms with Crippen LogP contribution in [-0.4, -0.2) is 92.2 Å². The smallest absolute Gasteiger partial charge is 0.196 e. The second-order valence-electron chi connectivity index (χ2n) is 13.1. The normalized spacial score (nSPS) is 54.8. The van der Waals surface area contributed by atoms with Gasteiger partial charge in [0, 0.05) is 42.1 Å². The largest absolute Gasteiger partial charge is 0.489 e. The molecule has 0 aromatic heterocycles. The van der Waals surface area contributed by atoms with Crippen LogP contribution in [0.2, 0.25) is 0 Å². The maximum atomic E-state index is 12.9. The number of carbonyl (C=O) groups is 2. The summed E-state index contributed by atoms with van der Waals surface area (Å²) in [6, 6.07) is 0. The summed E-state index contributed by atoms with van der Waals surface area (Å²) in [5.74, 6) is -1.07. The lowest BCUT2D eigenvalue weighted by Crippen LogP contribution is -2.70. The maximum Gasteiger partial charge on any atom is 0.196 e. The molecular weight excluding hydrogens is 508 g/mol. The first-order chi connectivity index (χ1) is 18.4. The molecule has 0 amide bonds. The van der Waals surface area contributed by atoms with E-state index in [1.54, 1.807) is 19.1 Å². The Morgan fingerprint density at radius 2 is 1.87 bits per heavy atom. The van der Waals surface area contributed by atoms with E-state index in [2.05, 4.69) is 0 Å². The van der Waals surface area contributed by atoms with Crippen LogP contribution < -0.4 is 0 Å². The molecule has 4 aliphatic carbocycles. The first kappa shape index (κ1) is 27.5. The Hall–Kier alpha value is -1.66. The number of ketones is 1. The van der Waals surface area contributed by atoms with Gasteiger partial charge in [0.2, 0.25) is 0 Å².